The largest absolute Gasteiger partial charge is 0.505 e. The van der Waals surface area contributed by atoms with Crippen LogP contribution in [0.1, 0.15) is 92.2 Å². The number of unbranched alkanes of at least 4 members (excludes halogenated alkanes) is 2. The zero-order valence-electron chi connectivity index (χ0n) is 35.4. The summed E-state index contributed by atoms with van der Waals surface area (Å²) < 4.78 is 37.9. The lowest BCUT2D eigenvalue weighted by Gasteiger charge is -2.23. The molecule has 7 rings (SSSR count). The molecule has 0 saturated heterocycles. The first-order valence-electron chi connectivity index (χ1n) is 20.1. The lowest BCUT2D eigenvalue weighted by molar-refractivity contribution is 0.307. The van der Waals surface area contributed by atoms with Crippen molar-refractivity contribution in [3.05, 3.63) is 107 Å². The van der Waals surface area contributed by atoms with Crippen molar-refractivity contribution in [2.24, 2.45) is 0 Å². The second-order valence-corrected chi connectivity index (χ2v) is 19.0. The van der Waals surface area contributed by atoms with E-state index in [-0.39, 0.29) is 32.1 Å². The van der Waals surface area contributed by atoms with Gasteiger partial charge in [-0.2, -0.15) is 0 Å². The summed E-state index contributed by atoms with van der Waals surface area (Å²) >= 11 is 6.04. The summed E-state index contributed by atoms with van der Waals surface area (Å²) in [5.41, 5.74) is 4.09. The second-order valence-electron chi connectivity index (χ2n) is 16.7. The molecule has 0 aliphatic carbocycles. The van der Waals surface area contributed by atoms with Gasteiger partial charge in [-0.15, -0.1) is 30.0 Å². The summed E-state index contributed by atoms with van der Waals surface area (Å²) in [6.07, 6.45) is 3.97. The number of phenolic OH excluding ortho intramolecular Hbond substituents is 2. The molecular weight excluding hydrogens is 800 g/mol. The van der Waals surface area contributed by atoms with E-state index in [0.29, 0.717) is 68.7 Å². The van der Waals surface area contributed by atoms with Crippen LogP contribution in [0.15, 0.2) is 101 Å². The van der Waals surface area contributed by atoms with Crippen LogP contribution in [0.5, 0.6) is 23.0 Å². The summed E-state index contributed by atoms with van der Waals surface area (Å²) in [5, 5.41) is 40.5. The van der Waals surface area contributed by atoms with Gasteiger partial charge < -0.3 is 19.7 Å². The van der Waals surface area contributed by atoms with Crippen LogP contribution < -0.4 is 9.47 Å². The molecule has 0 atom stereocenters. The van der Waals surface area contributed by atoms with Gasteiger partial charge in [0.05, 0.1) is 23.0 Å². The number of hydrogen-bond acceptors (Lipinski definition) is 10. The molecule has 0 aliphatic heterocycles. The van der Waals surface area contributed by atoms with Crippen LogP contribution in [0.2, 0.25) is 5.02 Å². The molecule has 60 heavy (non-hydrogen) atoms. The minimum absolute atomic E-state index is 0.0628. The predicted molar refractivity (Wildman–Crippen MR) is 236 cm³/mol. The van der Waals surface area contributed by atoms with Gasteiger partial charge in [0.25, 0.3) is 0 Å². The van der Waals surface area contributed by atoms with Gasteiger partial charge in [-0.3, -0.25) is 0 Å². The fourth-order valence-corrected chi connectivity index (χ4v) is 7.84. The average Bonchev–Trinajstić information content (AvgIpc) is 3.82. The number of sulfone groups is 1. The van der Waals surface area contributed by atoms with E-state index in [4.69, 9.17) is 21.1 Å². The SMILES string of the molecule is CCCCOc1cc(-n2nc3ccc(Cl)cc3n2)c(O)c(C(C)(C)C)c1.CCCCOc1cc(-n2nc3ccc(S(=O)(=O)c4ccccc4)cc3n2)c(O)c(C(C)(C)C)c1. The molecule has 5 aromatic carbocycles. The molecule has 0 spiro atoms. The summed E-state index contributed by atoms with van der Waals surface area (Å²) in [4.78, 5) is 3.12. The van der Waals surface area contributed by atoms with E-state index in [9.17, 15) is 18.6 Å². The van der Waals surface area contributed by atoms with Gasteiger partial charge in [-0.05, 0) is 84.3 Å². The van der Waals surface area contributed by atoms with Crippen molar-refractivity contribution in [3.63, 3.8) is 0 Å². The molecule has 0 unspecified atom stereocenters. The number of halogens is 1. The van der Waals surface area contributed by atoms with Gasteiger partial charge in [0.15, 0.2) is 0 Å². The Kier molecular flexibility index (Phi) is 13.1. The normalized spacial score (nSPS) is 12.1. The molecule has 12 nitrogen and oxygen atoms in total. The number of rotatable bonds is 12. The Hall–Kier alpha value is -5.66. The molecule has 0 bridgehead atoms. The van der Waals surface area contributed by atoms with Gasteiger partial charge >= 0.3 is 0 Å². The molecule has 0 fully saturated rings. The Bertz CT molecular complexity index is 2720. The second kappa shape index (κ2) is 17.9. The molecule has 14 heteroatoms. The highest BCUT2D eigenvalue weighted by atomic mass is 35.5. The van der Waals surface area contributed by atoms with Gasteiger partial charge in [0.2, 0.25) is 9.84 Å². The van der Waals surface area contributed by atoms with Crippen LogP contribution in [0, 0.1) is 0 Å². The molecule has 0 radical (unpaired) electrons. The number of ether oxygens (including phenoxy) is 2. The Labute approximate surface area is 356 Å². The van der Waals surface area contributed by atoms with Gasteiger partial charge in [-0.1, -0.05) is 98.0 Å². The zero-order valence-corrected chi connectivity index (χ0v) is 37.0. The van der Waals surface area contributed by atoms with E-state index in [0.717, 1.165) is 31.2 Å². The number of nitrogens with zero attached hydrogens (tertiary/aromatic N) is 6. The third kappa shape index (κ3) is 9.85. The fourth-order valence-electron chi connectivity index (χ4n) is 6.37. The van der Waals surface area contributed by atoms with Gasteiger partial charge in [-0.25, -0.2) is 8.42 Å². The van der Waals surface area contributed by atoms with Crippen molar-refractivity contribution in [3.8, 4) is 34.4 Å². The van der Waals surface area contributed by atoms with E-state index < -0.39 is 9.84 Å². The number of hydrogen-bond donors (Lipinski definition) is 2. The van der Waals surface area contributed by atoms with E-state index in [1.165, 1.54) is 21.7 Å². The van der Waals surface area contributed by atoms with Gasteiger partial charge in [0.1, 0.15) is 56.4 Å². The Morgan fingerprint density at radius 3 is 1.50 bits per heavy atom. The lowest BCUT2D eigenvalue weighted by atomic mass is 9.86. The quantitative estimate of drug-likeness (QED) is 0.114. The summed E-state index contributed by atoms with van der Waals surface area (Å²) in [6, 6.07) is 25.5. The van der Waals surface area contributed by atoms with Crippen LogP contribution in [0.25, 0.3) is 33.4 Å². The molecule has 7 aromatic rings. The maximum Gasteiger partial charge on any atom is 0.206 e. The highest BCUT2D eigenvalue weighted by Crippen LogP contribution is 2.40. The van der Waals surface area contributed by atoms with Crippen LogP contribution in [0.4, 0.5) is 0 Å². The first-order valence-corrected chi connectivity index (χ1v) is 22.0. The monoisotopic (exact) mass is 852 g/mol. The standard InChI is InChI=1S/C26H29N3O4S.C20H24ClN3O2/c1-5-6-14-33-18-15-21(26(2,3)4)25(30)24(16-18)29-27-22-13-12-20(17-23(22)28-29)34(31,32)19-10-8-7-9-11-19;1-5-6-9-26-14-11-15(20(2,3)4)19(25)18(12-14)24-22-16-8-7-13(21)10-17(16)23-24/h7-13,15-17,30H,5-6,14H2,1-4H3;7-8,10-12,25H,5-6,9H2,1-4H3. The van der Waals surface area contributed by atoms with Crippen molar-refractivity contribution < 1.29 is 28.1 Å². The van der Waals surface area contributed by atoms with E-state index in [1.54, 1.807) is 60.7 Å². The van der Waals surface area contributed by atoms with Crippen LogP contribution in [-0.2, 0) is 20.7 Å². The minimum atomic E-state index is -3.69. The maximum atomic E-state index is 13.0. The smallest absolute Gasteiger partial charge is 0.206 e. The number of aromatic hydroxyl groups is 2. The summed E-state index contributed by atoms with van der Waals surface area (Å²) in [6.45, 7) is 17.6. The van der Waals surface area contributed by atoms with Crippen LogP contribution in [0.3, 0.4) is 0 Å². The molecule has 2 heterocycles. The third-order valence-electron chi connectivity index (χ3n) is 9.76. The first kappa shape index (κ1) is 43.9. The Morgan fingerprint density at radius 2 is 1.03 bits per heavy atom. The molecule has 0 saturated carbocycles. The fraction of sp³-hybridized carbons (Fsp3) is 0.348. The Balaban J connectivity index is 0.000000209. The van der Waals surface area contributed by atoms with Gasteiger partial charge in [0, 0.05) is 28.3 Å². The molecule has 0 aliphatic rings. The topological polar surface area (TPSA) is 154 Å². The summed E-state index contributed by atoms with van der Waals surface area (Å²) in [5.74, 6) is 1.55. The van der Waals surface area contributed by atoms with Crippen molar-refractivity contribution in [2.45, 2.75) is 102 Å². The van der Waals surface area contributed by atoms with Crippen molar-refractivity contribution in [1.82, 2.24) is 30.0 Å². The number of phenols is 2. The minimum Gasteiger partial charge on any atom is -0.505 e. The van der Waals surface area contributed by atoms with Crippen LogP contribution >= 0.6 is 11.6 Å². The number of fused-ring (bicyclic) bond motifs is 2. The van der Waals surface area contributed by atoms with Crippen molar-refractivity contribution in [1.29, 1.82) is 0 Å². The molecule has 2 N–H and O–H groups in total. The Morgan fingerprint density at radius 1 is 0.583 bits per heavy atom. The molecule has 316 valence electrons. The average molecular weight is 853 g/mol. The van der Waals surface area contributed by atoms with Crippen molar-refractivity contribution >= 4 is 43.5 Å². The van der Waals surface area contributed by atoms with Crippen molar-refractivity contribution in [2.75, 3.05) is 13.2 Å². The lowest BCUT2D eigenvalue weighted by Crippen LogP contribution is -2.14. The molecule has 0 amide bonds. The van der Waals surface area contributed by atoms with E-state index >= 15 is 0 Å². The van der Waals surface area contributed by atoms with Crippen LogP contribution in [-0.4, -0.2) is 61.8 Å². The highest BCUT2D eigenvalue weighted by Gasteiger charge is 2.26. The third-order valence-corrected chi connectivity index (χ3v) is 11.8. The predicted octanol–water partition coefficient (Wildman–Crippen LogP) is 10.7. The zero-order chi connectivity index (χ0) is 43.4. The molecular formula is C46H53ClN6O6S. The van der Waals surface area contributed by atoms with E-state index in [2.05, 4.69) is 55.0 Å². The van der Waals surface area contributed by atoms with E-state index in [1.807, 2.05) is 39.0 Å². The maximum absolute atomic E-state index is 13.0. The molecule has 2 aromatic heterocycles. The summed E-state index contributed by atoms with van der Waals surface area (Å²) in [7, 11) is -3.69. The number of aromatic nitrogens is 6. The number of benzene rings is 5. The highest BCUT2D eigenvalue weighted by molar-refractivity contribution is 7.91. The first-order chi connectivity index (χ1) is 28.4.